The molecule has 1 aliphatic heterocycles. The van der Waals surface area contributed by atoms with Crippen molar-refractivity contribution in [3.05, 3.63) is 59.2 Å². The van der Waals surface area contributed by atoms with Gasteiger partial charge in [0, 0.05) is 5.56 Å². The number of hydrogen-bond acceptors (Lipinski definition) is 6. The van der Waals surface area contributed by atoms with E-state index in [4.69, 9.17) is 14.2 Å². The Morgan fingerprint density at radius 1 is 1.15 bits per heavy atom. The van der Waals surface area contributed by atoms with Crippen LogP contribution in [0.3, 0.4) is 0 Å². The number of hydrogen-bond donors (Lipinski definition) is 1. The Kier molecular flexibility index (Phi) is 5.17. The van der Waals surface area contributed by atoms with Gasteiger partial charge in [-0.25, -0.2) is 9.79 Å². The van der Waals surface area contributed by atoms with Crippen LogP contribution in [0, 0.1) is 0 Å². The molecule has 0 spiro atoms. The Morgan fingerprint density at radius 3 is 2.65 bits per heavy atom. The van der Waals surface area contributed by atoms with Crippen molar-refractivity contribution >= 4 is 23.5 Å². The van der Waals surface area contributed by atoms with E-state index in [1.807, 2.05) is 18.2 Å². The van der Waals surface area contributed by atoms with Crippen molar-refractivity contribution in [2.45, 2.75) is 0 Å². The number of aliphatic imine (C=N–C) groups is 1. The summed E-state index contributed by atoms with van der Waals surface area (Å²) in [4.78, 5) is 28.6. The molecule has 3 rings (SSSR count). The second kappa shape index (κ2) is 7.69. The van der Waals surface area contributed by atoms with E-state index in [2.05, 4.69) is 10.3 Å². The fourth-order valence-electron chi connectivity index (χ4n) is 2.58. The van der Waals surface area contributed by atoms with Crippen molar-refractivity contribution < 1.29 is 23.8 Å². The van der Waals surface area contributed by atoms with Gasteiger partial charge in [0.05, 0.1) is 32.0 Å². The number of para-hydroxylation sites is 1. The van der Waals surface area contributed by atoms with Gasteiger partial charge in [-0.15, -0.1) is 0 Å². The first-order chi connectivity index (χ1) is 12.6. The molecule has 2 aromatic carbocycles. The maximum atomic E-state index is 12.6. The molecule has 7 nitrogen and oxygen atoms in total. The number of ether oxygens (including phenoxy) is 3. The number of amides is 1. The molecule has 0 saturated carbocycles. The van der Waals surface area contributed by atoms with E-state index in [1.165, 1.54) is 32.4 Å². The average molecular weight is 354 g/mol. The van der Waals surface area contributed by atoms with Gasteiger partial charge in [-0.1, -0.05) is 12.1 Å². The Bertz CT molecular complexity index is 876. The molecule has 0 atom stereocenters. The fraction of sp³-hybridized carbons (Fsp3) is 0.211. The molecule has 134 valence electrons. The van der Waals surface area contributed by atoms with Crippen LogP contribution >= 0.6 is 0 Å². The molecule has 26 heavy (non-hydrogen) atoms. The molecule has 0 radical (unpaired) electrons. The minimum Gasteiger partial charge on any atom is -0.496 e. The molecule has 0 unspecified atom stereocenters. The second-order valence-corrected chi connectivity index (χ2v) is 5.44. The maximum Gasteiger partial charge on any atom is 0.341 e. The Morgan fingerprint density at radius 2 is 1.96 bits per heavy atom. The summed E-state index contributed by atoms with van der Waals surface area (Å²) in [5.74, 6) is -0.0953. The highest BCUT2D eigenvalue weighted by Gasteiger charge is 2.18. The van der Waals surface area contributed by atoms with Crippen molar-refractivity contribution in [2.24, 2.45) is 4.99 Å². The van der Waals surface area contributed by atoms with Crippen molar-refractivity contribution in [1.82, 2.24) is 0 Å². The topological polar surface area (TPSA) is 86.2 Å². The molecule has 0 bridgehead atoms. The van der Waals surface area contributed by atoms with Crippen molar-refractivity contribution in [3.63, 3.8) is 0 Å². The first kappa shape index (κ1) is 17.5. The minimum atomic E-state index is -0.532. The summed E-state index contributed by atoms with van der Waals surface area (Å²) in [6.07, 6.45) is 0. The molecule has 0 aromatic heterocycles. The van der Waals surface area contributed by atoms with E-state index in [-0.39, 0.29) is 17.2 Å². The van der Waals surface area contributed by atoms with Crippen molar-refractivity contribution in [1.29, 1.82) is 0 Å². The number of methoxy groups -OCH3 is 2. The Hall–Kier alpha value is -3.35. The van der Waals surface area contributed by atoms with E-state index in [0.717, 1.165) is 5.56 Å². The van der Waals surface area contributed by atoms with Crippen LogP contribution in [0.15, 0.2) is 47.5 Å². The minimum absolute atomic E-state index is 0.251. The second-order valence-electron chi connectivity index (χ2n) is 5.44. The van der Waals surface area contributed by atoms with E-state index in [0.29, 0.717) is 30.3 Å². The molecule has 7 heteroatoms. The number of rotatable bonds is 5. The lowest BCUT2D eigenvalue weighted by Crippen LogP contribution is -2.16. The Labute approximate surface area is 150 Å². The highest BCUT2D eigenvalue weighted by Crippen LogP contribution is 2.23. The smallest absolute Gasteiger partial charge is 0.341 e. The molecule has 0 fully saturated rings. The highest BCUT2D eigenvalue weighted by molar-refractivity contribution is 6.09. The van der Waals surface area contributed by atoms with E-state index in [9.17, 15) is 9.59 Å². The number of carbonyl (C=O) groups excluding carboxylic acids is 2. The maximum absolute atomic E-state index is 12.6. The summed E-state index contributed by atoms with van der Waals surface area (Å²) in [5.41, 5.74) is 1.91. The average Bonchev–Trinajstić information content (AvgIpc) is 3.21. The van der Waals surface area contributed by atoms with E-state index < -0.39 is 5.97 Å². The summed E-state index contributed by atoms with van der Waals surface area (Å²) >= 11 is 0. The number of benzene rings is 2. The van der Waals surface area contributed by atoms with Gasteiger partial charge in [-0.05, 0) is 30.3 Å². The lowest BCUT2D eigenvalue weighted by molar-refractivity contribution is 0.0596. The summed E-state index contributed by atoms with van der Waals surface area (Å²) in [7, 11) is 2.71. The lowest BCUT2D eigenvalue weighted by atomic mass is 10.1. The quantitative estimate of drug-likeness (QED) is 0.834. The first-order valence-corrected chi connectivity index (χ1v) is 7.98. The molecule has 2 aromatic rings. The van der Waals surface area contributed by atoms with Gasteiger partial charge in [0.25, 0.3) is 5.91 Å². The van der Waals surface area contributed by atoms with Crippen LogP contribution in [-0.4, -0.2) is 45.1 Å². The molecule has 1 aliphatic rings. The third-order valence-electron chi connectivity index (χ3n) is 3.86. The fourth-order valence-corrected chi connectivity index (χ4v) is 2.58. The van der Waals surface area contributed by atoms with Crippen molar-refractivity contribution in [2.75, 3.05) is 32.7 Å². The number of nitrogens with zero attached hydrogens (tertiary/aromatic N) is 1. The van der Waals surface area contributed by atoms with Crippen LogP contribution in [-0.2, 0) is 9.47 Å². The lowest BCUT2D eigenvalue weighted by Gasteiger charge is -2.12. The summed E-state index contributed by atoms with van der Waals surface area (Å²) < 4.78 is 15.4. The van der Waals surface area contributed by atoms with Crippen LogP contribution in [0.25, 0.3) is 0 Å². The van der Waals surface area contributed by atoms with Crippen LogP contribution in [0.5, 0.6) is 5.75 Å². The van der Waals surface area contributed by atoms with Crippen LogP contribution in [0.4, 0.5) is 5.69 Å². The zero-order valence-corrected chi connectivity index (χ0v) is 14.4. The highest BCUT2D eigenvalue weighted by atomic mass is 16.5. The van der Waals surface area contributed by atoms with Crippen LogP contribution in [0.1, 0.15) is 26.3 Å². The largest absolute Gasteiger partial charge is 0.496 e. The SMILES string of the molecule is COC(=O)c1ccc(C(=O)Nc2ccccc2C2=NCCO2)cc1OC. The van der Waals surface area contributed by atoms with Gasteiger partial charge in [0.15, 0.2) is 0 Å². The zero-order chi connectivity index (χ0) is 18.5. The molecule has 0 saturated heterocycles. The van der Waals surface area contributed by atoms with Crippen LogP contribution in [0.2, 0.25) is 0 Å². The van der Waals surface area contributed by atoms with Gasteiger partial charge in [0.2, 0.25) is 5.90 Å². The zero-order valence-electron chi connectivity index (χ0n) is 14.4. The number of carbonyl (C=O) groups is 2. The molecule has 1 heterocycles. The first-order valence-electron chi connectivity index (χ1n) is 7.98. The summed E-state index contributed by atoms with van der Waals surface area (Å²) in [6.45, 7) is 1.13. The number of esters is 1. The molecule has 1 amide bonds. The van der Waals surface area contributed by atoms with E-state index in [1.54, 1.807) is 6.07 Å². The predicted molar refractivity (Wildman–Crippen MR) is 96.1 cm³/mol. The standard InChI is InChI=1S/C19H18N2O5/c1-24-16-11-12(7-8-14(16)19(23)25-2)17(22)21-15-6-4-3-5-13(15)18-20-9-10-26-18/h3-8,11H,9-10H2,1-2H3,(H,21,22). The third-order valence-corrected chi connectivity index (χ3v) is 3.86. The molecular formula is C19H18N2O5. The predicted octanol–water partition coefficient (Wildman–Crippen LogP) is 2.51. The summed E-state index contributed by atoms with van der Waals surface area (Å²) in [5, 5.41) is 2.85. The van der Waals surface area contributed by atoms with Gasteiger partial charge in [-0.3, -0.25) is 4.79 Å². The number of nitrogens with one attached hydrogen (secondary N) is 1. The Balaban J connectivity index is 1.86. The number of anilines is 1. The molecular weight excluding hydrogens is 336 g/mol. The van der Waals surface area contributed by atoms with Gasteiger partial charge >= 0.3 is 5.97 Å². The summed E-state index contributed by atoms with van der Waals surface area (Å²) in [6, 6.07) is 11.8. The normalized spacial score (nSPS) is 12.8. The van der Waals surface area contributed by atoms with Crippen LogP contribution < -0.4 is 10.1 Å². The molecule has 1 N–H and O–H groups in total. The van der Waals surface area contributed by atoms with E-state index >= 15 is 0 Å². The monoisotopic (exact) mass is 354 g/mol. The van der Waals surface area contributed by atoms with Gasteiger partial charge in [0.1, 0.15) is 17.9 Å². The molecule has 0 aliphatic carbocycles. The van der Waals surface area contributed by atoms with Gasteiger partial charge < -0.3 is 19.5 Å². The third kappa shape index (κ3) is 3.51. The van der Waals surface area contributed by atoms with Gasteiger partial charge in [-0.2, -0.15) is 0 Å². The van der Waals surface area contributed by atoms with Crippen molar-refractivity contribution in [3.8, 4) is 5.75 Å².